The van der Waals surface area contributed by atoms with Crippen LogP contribution >= 0.6 is 0 Å². The van der Waals surface area contributed by atoms with E-state index in [1.165, 1.54) is 16.2 Å². The van der Waals surface area contributed by atoms with Gasteiger partial charge in [0, 0.05) is 5.69 Å². The van der Waals surface area contributed by atoms with Gasteiger partial charge in [-0.05, 0) is 48.4 Å². The van der Waals surface area contributed by atoms with Crippen molar-refractivity contribution in [3.8, 4) is 11.5 Å². The topological polar surface area (TPSA) is 55.6 Å². The molecule has 1 fully saturated rings. The molecular formula is C24H35N2O4+. The fourth-order valence-electron chi connectivity index (χ4n) is 3.73. The van der Waals surface area contributed by atoms with Crippen LogP contribution in [0.1, 0.15) is 12.5 Å². The molecule has 1 heterocycles. The van der Waals surface area contributed by atoms with E-state index in [9.17, 15) is 5.11 Å². The van der Waals surface area contributed by atoms with E-state index in [-0.39, 0.29) is 0 Å². The molecule has 0 unspecified atom stereocenters. The molecule has 2 aromatic rings. The number of nitrogens with zero attached hydrogens (tertiary/aromatic N) is 1. The largest absolute Gasteiger partial charge is 0.497 e. The summed E-state index contributed by atoms with van der Waals surface area (Å²) in [5.41, 5.74) is 2.53. The van der Waals surface area contributed by atoms with Gasteiger partial charge in [0.15, 0.2) is 0 Å². The van der Waals surface area contributed by atoms with E-state index < -0.39 is 6.10 Å². The summed E-state index contributed by atoms with van der Waals surface area (Å²) in [5.74, 6) is 1.74. The number of piperazine rings is 1. The molecule has 1 atom stereocenters. The van der Waals surface area contributed by atoms with Crippen molar-refractivity contribution in [2.24, 2.45) is 0 Å². The van der Waals surface area contributed by atoms with E-state index >= 15 is 0 Å². The lowest BCUT2D eigenvalue weighted by molar-refractivity contribution is -0.903. The standard InChI is InChI=1S/C24H34N2O4/c1-3-20-4-8-24(9-5-20)30-17-16-29-19-22(27)18-25-12-14-26(15-13-25)21-6-10-23(28-2)11-7-21/h4-11,22,27H,3,12-19H2,1-2H3/p+1/t22-/m0/s1. The van der Waals surface area contributed by atoms with Gasteiger partial charge in [0.1, 0.15) is 30.8 Å². The molecule has 0 bridgehead atoms. The van der Waals surface area contributed by atoms with Crippen molar-refractivity contribution in [2.75, 3.05) is 64.6 Å². The maximum absolute atomic E-state index is 10.3. The summed E-state index contributed by atoms with van der Waals surface area (Å²) in [6, 6.07) is 16.3. The Morgan fingerprint density at radius 3 is 2.27 bits per heavy atom. The lowest BCUT2D eigenvalue weighted by Gasteiger charge is -2.34. The highest BCUT2D eigenvalue weighted by molar-refractivity contribution is 5.49. The Bertz CT molecular complexity index is 728. The van der Waals surface area contributed by atoms with E-state index in [1.807, 2.05) is 24.3 Å². The Morgan fingerprint density at radius 1 is 0.967 bits per heavy atom. The van der Waals surface area contributed by atoms with Crippen LogP contribution in [0.4, 0.5) is 5.69 Å². The second-order valence-electron chi connectivity index (χ2n) is 7.71. The third-order valence-corrected chi connectivity index (χ3v) is 5.57. The minimum Gasteiger partial charge on any atom is -0.497 e. The maximum atomic E-state index is 10.3. The Kier molecular flexibility index (Phi) is 8.81. The monoisotopic (exact) mass is 415 g/mol. The number of methoxy groups -OCH3 is 1. The van der Waals surface area contributed by atoms with Crippen molar-refractivity contribution >= 4 is 5.69 Å². The third kappa shape index (κ3) is 6.90. The number of hydrogen-bond donors (Lipinski definition) is 2. The molecule has 0 saturated carbocycles. The smallest absolute Gasteiger partial charge is 0.126 e. The van der Waals surface area contributed by atoms with Gasteiger partial charge in [-0.15, -0.1) is 0 Å². The second-order valence-corrected chi connectivity index (χ2v) is 7.71. The number of aliphatic hydroxyl groups is 1. The van der Waals surface area contributed by atoms with Crippen molar-refractivity contribution in [1.29, 1.82) is 0 Å². The number of hydrogen-bond acceptors (Lipinski definition) is 5. The van der Waals surface area contributed by atoms with Crippen LogP contribution in [0, 0.1) is 0 Å². The lowest BCUT2D eigenvalue weighted by Crippen LogP contribution is -3.16. The molecule has 6 nitrogen and oxygen atoms in total. The highest BCUT2D eigenvalue weighted by atomic mass is 16.5. The SMILES string of the molecule is CCc1ccc(OCCOC[C@@H](O)C[NH+]2CCN(c3ccc(OC)cc3)CC2)cc1. The average Bonchev–Trinajstić information content (AvgIpc) is 2.80. The molecule has 0 spiro atoms. The van der Waals surface area contributed by atoms with Gasteiger partial charge < -0.3 is 29.1 Å². The van der Waals surface area contributed by atoms with Gasteiger partial charge in [0.05, 0.1) is 46.5 Å². The zero-order valence-corrected chi connectivity index (χ0v) is 18.2. The van der Waals surface area contributed by atoms with Crippen LogP contribution < -0.4 is 19.3 Å². The average molecular weight is 416 g/mol. The van der Waals surface area contributed by atoms with Gasteiger partial charge >= 0.3 is 0 Å². The number of aliphatic hydroxyl groups excluding tert-OH is 1. The molecule has 1 saturated heterocycles. The predicted molar refractivity (Wildman–Crippen MR) is 119 cm³/mol. The number of ether oxygens (including phenoxy) is 3. The van der Waals surface area contributed by atoms with Crippen molar-refractivity contribution < 1.29 is 24.2 Å². The van der Waals surface area contributed by atoms with Gasteiger partial charge in [-0.2, -0.15) is 0 Å². The Hall–Kier alpha value is -2.28. The predicted octanol–water partition coefficient (Wildman–Crippen LogP) is 1.42. The fraction of sp³-hybridized carbons (Fsp3) is 0.500. The summed E-state index contributed by atoms with van der Waals surface area (Å²) < 4.78 is 16.5. The number of anilines is 1. The third-order valence-electron chi connectivity index (χ3n) is 5.57. The van der Waals surface area contributed by atoms with Crippen LogP contribution in [0.25, 0.3) is 0 Å². The zero-order chi connectivity index (χ0) is 21.2. The number of benzene rings is 2. The molecule has 0 aromatic heterocycles. The zero-order valence-electron chi connectivity index (χ0n) is 18.2. The summed E-state index contributed by atoms with van der Waals surface area (Å²) in [7, 11) is 1.68. The van der Waals surface area contributed by atoms with E-state index in [4.69, 9.17) is 14.2 Å². The fourth-order valence-corrected chi connectivity index (χ4v) is 3.73. The van der Waals surface area contributed by atoms with Gasteiger partial charge in [-0.25, -0.2) is 0 Å². The summed E-state index contributed by atoms with van der Waals surface area (Å²) >= 11 is 0. The molecule has 1 aliphatic rings. The summed E-state index contributed by atoms with van der Waals surface area (Å²) in [6.45, 7) is 8.18. The quantitative estimate of drug-likeness (QED) is 0.544. The van der Waals surface area contributed by atoms with Crippen LogP contribution in [0.15, 0.2) is 48.5 Å². The van der Waals surface area contributed by atoms with Gasteiger partial charge in [-0.3, -0.25) is 0 Å². The summed E-state index contributed by atoms with van der Waals surface area (Å²) in [4.78, 5) is 3.80. The Morgan fingerprint density at radius 2 is 1.63 bits per heavy atom. The molecule has 2 aromatic carbocycles. The van der Waals surface area contributed by atoms with Crippen LogP contribution in [0.3, 0.4) is 0 Å². The van der Waals surface area contributed by atoms with Crippen molar-refractivity contribution in [2.45, 2.75) is 19.4 Å². The van der Waals surface area contributed by atoms with Gasteiger partial charge in [-0.1, -0.05) is 19.1 Å². The van der Waals surface area contributed by atoms with E-state index in [0.29, 0.717) is 19.8 Å². The molecule has 0 amide bonds. The van der Waals surface area contributed by atoms with Crippen LogP contribution in [0.2, 0.25) is 0 Å². The summed E-state index contributed by atoms with van der Waals surface area (Å²) in [6.07, 6.45) is 0.580. The molecule has 30 heavy (non-hydrogen) atoms. The van der Waals surface area contributed by atoms with E-state index in [0.717, 1.165) is 50.6 Å². The molecular weight excluding hydrogens is 380 g/mol. The molecule has 2 N–H and O–H groups in total. The van der Waals surface area contributed by atoms with Crippen LogP contribution in [0.5, 0.6) is 11.5 Å². The molecule has 0 aliphatic carbocycles. The Labute approximate surface area is 180 Å². The normalized spacial score (nSPS) is 15.8. The maximum Gasteiger partial charge on any atom is 0.126 e. The first kappa shape index (κ1) is 22.4. The molecule has 3 rings (SSSR count). The number of nitrogens with one attached hydrogen (secondary N) is 1. The van der Waals surface area contributed by atoms with Crippen molar-refractivity contribution in [3.63, 3.8) is 0 Å². The number of quaternary nitrogens is 1. The van der Waals surface area contributed by atoms with Crippen LogP contribution in [-0.2, 0) is 11.2 Å². The molecule has 1 aliphatic heterocycles. The first-order valence-corrected chi connectivity index (χ1v) is 10.9. The first-order valence-electron chi connectivity index (χ1n) is 10.9. The van der Waals surface area contributed by atoms with Gasteiger partial charge in [0.2, 0.25) is 0 Å². The lowest BCUT2D eigenvalue weighted by atomic mass is 10.2. The minimum atomic E-state index is -0.448. The minimum absolute atomic E-state index is 0.351. The van der Waals surface area contributed by atoms with Crippen LogP contribution in [-0.4, -0.2) is 70.9 Å². The van der Waals surface area contributed by atoms with Crippen molar-refractivity contribution in [1.82, 2.24) is 0 Å². The van der Waals surface area contributed by atoms with E-state index in [2.05, 4.69) is 36.1 Å². The Balaban J connectivity index is 1.27. The highest BCUT2D eigenvalue weighted by Crippen LogP contribution is 2.19. The highest BCUT2D eigenvalue weighted by Gasteiger charge is 2.22. The number of aryl methyl sites for hydroxylation is 1. The molecule has 164 valence electrons. The van der Waals surface area contributed by atoms with E-state index in [1.54, 1.807) is 7.11 Å². The second kappa shape index (κ2) is 11.8. The van der Waals surface area contributed by atoms with Gasteiger partial charge in [0.25, 0.3) is 0 Å². The number of rotatable bonds is 11. The summed E-state index contributed by atoms with van der Waals surface area (Å²) in [5, 5.41) is 10.3. The molecule has 6 heteroatoms. The first-order chi connectivity index (χ1) is 14.7. The molecule has 0 radical (unpaired) electrons. The van der Waals surface area contributed by atoms with Crippen molar-refractivity contribution in [3.05, 3.63) is 54.1 Å².